The normalized spacial score (nSPS) is 22.0. The zero-order valence-corrected chi connectivity index (χ0v) is 45.9. The molecule has 0 spiro atoms. The number of carbonyl (C=O) groups excluding carboxylic acids is 8. The van der Waals surface area contributed by atoms with E-state index < -0.39 is 11.8 Å². The highest BCUT2D eigenvalue weighted by atomic mass is 16.2. The van der Waals surface area contributed by atoms with Gasteiger partial charge in [-0.1, -0.05) is 42.9 Å². The highest BCUT2D eigenvalue weighted by Gasteiger charge is 2.45. The summed E-state index contributed by atoms with van der Waals surface area (Å²) < 4.78 is 0. The second kappa shape index (κ2) is 23.1. The number of hydrogen-bond donors (Lipinski definition) is 2. The van der Waals surface area contributed by atoms with Crippen LogP contribution in [0.1, 0.15) is 132 Å². The highest BCUT2D eigenvalue weighted by molar-refractivity contribution is 6.32. The molecule has 6 aliphatic heterocycles. The van der Waals surface area contributed by atoms with Crippen LogP contribution in [-0.2, 0) is 30.4 Å². The maximum atomic E-state index is 14.3. The summed E-state index contributed by atoms with van der Waals surface area (Å²) in [4.78, 5) is 125. The van der Waals surface area contributed by atoms with Gasteiger partial charge < -0.3 is 25.3 Å². The second-order valence-corrected chi connectivity index (χ2v) is 23.0. The Morgan fingerprint density at radius 1 is 0.550 bits per heavy atom. The molecule has 17 heteroatoms. The van der Waals surface area contributed by atoms with Crippen molar-refractivity contribution in [3.63, 3.8) is 0 Å². The first kappa shape index (κ1) is 53.4. The molecule has 3 saturated heterocycles. The molecule has 9 aliphatic rings. The van der Waals surface area contributed by atoms with Gasteiger partial charge in [0.15, 0.2) is 0 Å². The maximum Gasteiger partial charge on any atom is 0.261 e. The fourth-order valence-electron chi connectivity index (χ4n) is 14.2. The monoisotopic (exact) mass is 1080 g/mol. The molecule has 17 nitrogen and oxygen atoms in total. The first-order valence-corrected chi connectivity index (χ1v) is 29.7. The molecular weight excluding hydrogens is 1010 g/mol. The Bertz CT molecular complexity index is 3170. The van der Waals surface area contributed by atoms with Crippen LogP contribution in [0.15, 0.2) is 83.5 Å². The summed E-state index contributed by atoms with van der Waals surface area (Å²) in [6.45, 7) is 6.35. The van der Waals surface area contributed by atoms with Gasteiger partial charge >= 0.3 is 0 Å². The summed E-state index contributed by atoms with van der Waals surface area (Å²) in [6, 6.07) is 13.5. The topological polar surface area (TPSA) is 183 Å². The molecule has 80 heavy (non-hydrogen) atoms. The lowest BCUT2D eigenvalue weighted by Gasteiger charge is -2.44. The molecule has 2 N–H and O–H groups in total. The van der Waals surface area contributed by atoms with E-state index in [1.807, 2.05) is 59.5 Å². The molecule has 0 bridgehead atoms. The molecule has 0 radical (unpaired) electrons. The maximum absolute atomic E-state index is 14.3. The fourth-order valence-corrected chi connectivity index (χ4v) is 14.2. The lowest BCUT2D eigenvalue weighted by atomic mass is 9.71. The van der Waals surface area contributed by atoms with Crippen molar-refractivity contribution >= 4 is 75.0 Å². The largest absolute Gasteiger partial charge is 0.371 e. The smallest absolute Gasteiger partial charge is 0.261 e. The van der Waals surface area contributed by atoms with Crippen molar-refractivity contribution in [2.24, 2.45) is 5.92 Å². The molecule has 2 atom stereocenters. The second-order valence-electron chi connectivity index (χ2n) is 23.0. The van der Waals surface area contributed by atoms with Crippen molar-refractivity contribution in [1.29, 1.82) is 0 Å². The van der Waals surface area contributed by atoms with E-state index in [1.54, 1.807) is 6.07 Å². The summed E-state index contributed by atoms with van der Waals surface area (Å²) in [5.74, 6) is -2.77. The third-order valence-corrected chi connectivity index (χ3v) is 18.3. The summed E-state index contributed by atoms with van der Waals surface area (Å²) in [5.41, 5.74) is 7.94. The van der Waals surface area contributed by atoms with E-state index in [9.17, 15) is 38.4 Å². The van der Waals surface area contributed by atoms with Crippen LogP contribution < -0.4 is 20.4 Å². The van der Waals surface area contributed by atoms with Gasteiger partial charge in [-0.2, -0.15) is 0 Å². The Balaban J connectivity index is 0.691. The van der Waals surface area contributed by atoms with E-state index in [1.165, 1.54) is 34.0 Å². The van der Waals surface area contributed by atoms with Gasteiger partial charge in [-0.3, -0.25) is 58.0 Å². The molecule has 3 fully saturated rings. The number of anilines is 2. The number of benzene rings is 3. The van der Waals surface area contributed by atoms with Crippen LogP contribution in [0.25, 0.3) is 16.3 Å². The van der Waals surface area contributed by atoms with Crippen LogP contribution in [0.4, 0.5) is 11.4 Å². The van der Waals surface area contributed by atoms with Crippen molar-refractivity contribution in [2.75, 3.05) is 101 Å². The molecular formula is C63H73N9O8. The molecule has 0 aromatic heterocycles. The molecule has 418 valence electrons. The fraction of sp³-hybridized carbons (Fsp3) is 0.492. The van der Waals surface area contributed by atoms with Crippen LogP contribution in [-0.4, -0.2) is 169 Å². The minimum absolute atomic E-state index is 0.00184. The third kappa shape index (κ3) is 10.1. The van der Waals surface area contributed by atoms with E-state index in [4.69, 9.17) is 0 Å². The van der Waals surface area contributed by atoms with Gasteiger partial charge in [0.25, 0.3) is 35.4 Å². The molecule has 12 rings (SSSR count). The molecule has 3 aromatic rings. The van der Waals surface area contributed by atoms with Crippen LogP contribution in [0.3, 0.4) is 0 Å². The molecule has 2 unspecified atom stereocenters. The molecule has 3 aliphatic carbocycles. The van der Waals surface area contributed by atoms with Gasteiger partial charge in [-0.15, -0.1) is 0 Å². The Kier molecular flexibility index (Phi) is 15.4. The number of nitrogens with one attached hydrogen (secondary N) is 2. The van der Waals surface area contributed by atoms with Gasteiger partial charge in [0.05, 0.1) is 0 Å². The van der Waals surface area contributed by atoms with Gasteiger partial charge in [-0.25, -0.2) is 0 Å². The summed E-state index contributed by atoms with van der Waals surface area (Å²) in [7, 11) is 0. The first-order valence-electron chi connectivity index (χ1n) is 29.7. The Labute approximate surface area is 467 Å². The van der Waals surface area contributed by atoms with Gasteiger partial charge in [-0.05, 0) is 132 Å². The van der Waals surface area contributed by atoms with Crippen molar-refractivity contribution in [3.8, 4) is 0 Å². The number of likely N-dealkylation sites (tertiary alicyclic amines) is 1. The van der Waals surface area contributed by atoms with Crippen LogP contribution >= 0.6 is 0 Å². The van der Waals surface area contributed by atoms with E-state index in [0.717, 1.165) is 131 Å². The van der Waals surface area contributed by atoms with Crippen molar-refractivity contribution in [1.82, 2.24) is 35.1 Å². The number of imide groups is 3. The number of rotatable bonds is 18. The third-order valence-electron chi connectivity index (χ3n) is 18.3. The molecule has 3 aromatic carbocycles. The number of piperidine rings is 3. The quantitative estimate of drug-likeness (QED) is 0.139. The van der Waals surface area contributed by atoms with Gasteiger partial charge in [0.1, 0.15) is 0 Å². The van der Waals surface area contributed by atoms with Gasteiger partial charge in [0, 0.05) is 164 Å². The van der Waals surface area contributed by atoms with Crippen molar-refractivity contribution in [2.45, 2.75) is 102 Å². The average molecular weight is 1080 g/mol. The molecule has 8 amide bonds. The lowest BCUT2D eigenvalue weighted by Crippen LogP contribution is -2.51. The molecule has 6 heterocycles. The Morgan fingerprint density at radius 3 is 1.80 bits per heavy atom. The average Bonchev–Trinajstić information content (AvgIpc) is 3.67. The highest BCUT2D eigenvalue weighted by Crippen LogP contribution is 2.45. The van der Waals surface area contributed by atoms with Crippen LogP contribution in [0.2, 0.25) is 0 Å². The van der Waals surface area contributed by atoms with E-state index in [-0.39, 0.29) is 113 Å². The Hall–Kier alpha value is -7.24. The van der Waals surface area contributed by atoms with E-state index in [2.05, 4.69) is 31.4 Å². The minimum atomic E-state index is -0.402. The SMILES string of the molecule is O=C(CCN(CCC(=O)NCCN1C(=O)C2=CCCc3c(N4CCCCC4)ccc(c32)C1=O)CCN1C(=O)c2cccc3c(N4CCCCC4)ccc(c23)C1=O)NCCN1C(=O)C2=CCCC3C2=C(C=CC3N2CCCCC2)C1=O. The lowest BCUT2D eigenvalue weighted by molar-refractivity contribution is -0.141. The summed E-state index contributed by atoms with van der Waals surface area (Å²) in [5, 5.41) is 7.34. The number of amides is 8. The standard InChI is InChI=1S/C63H73N9O8/c73-53(64-27-37-70-58(75)44-16-10-13-41-50(67-29-4-1-5-30-67)22-19-47(55(41)44)61(70)78)25-35-66(39-40-72-60(77)46-18-12-15-43-52(69-33-8-3-9-34-69)24-21-49(57(43)46)63(72)80)36-26-54(74)65-28-38-71-59(76)45-17-11-14-42-51(68-31-6-2-7-32-68)23-20-48(56(42)45)62(71)79/h12,15-24,41,50H,1-11,13-14,25-40H2,(H,64,73)(H,65,74). The number of hydrogen-bond acceptors (Lipinski definition) is 12. The summed E-state index contributed by atoms with van der Waals surface area (Å²) in [6.07, 6.45) is 21.3. The number of nitrogens with zero attached hydrogens (tertiary/aromatic N) is 7. The van der Waals surface area contributed by atoms with E-state index in [0.29, 0.717) is 45.2 Å². The van der Waals surface area contributed by atoms with Gasteiger partial charge in [0.2, 0.25) is 11.8 Å². The predicted molar refractivity (Wildman–Crippen MR) is 305 cm³/mol. The molecule has 0 saturated carbocycles. The predicted octanol–water partition coefficient (Wildman–Crippen LogP) is 6.17. The van der Waals surface area contributed by atoms with Crippen molar-refractivity contribution < 1.29 is 38.4 Å². The van der Waals surface area contributed by atoms with Crippen molar-refractivity contribution in [3.05, 3.63) is 111 Å². The number of allylic oxidation sites excluding steroid dienone is 2. The Morgan fingerprint density at radius 2 is 1.11 bits per heavy atom. The van der Waals surface area contributed by atoms with Crippen LogP contribution in [0, 0.1) is 5.92 Å². The summed E-state index contributed by atoms with van der Waals surface area (Å²) >= 11 is 0. The van der Waals surface area contributed by atoms with Crippen LogP contribution in [0.5, 0.6) is 0 Å². The zero-order valence-electron chi connectivity index (χ0n) is 45.9. The minimum Gasteiger partial charge on any atom is -0.371 e. The first-order chi connectivity index (χ1) is 39.0. The zero-order chi connectivity index (χ0) is 55.0. The van der Waals surface area contributed by atoms with E-state index >= 15 is 0 Å². The number of carbonyl (C=O) groups is 8.